The van der Waals surface area contributed by atoms with Crippen LogP contribution in [0.5, 0.6) is 0 Å². The van der Waals surface area contributed by atoms with Gasteiger partial charge in [0.1, 0.15) is 11.9 Å². The molecule has 0 fully saturated rings. The lowest BCUT2D eigenvalue weighted by atomic mass is 9.90. The van der Waals surface area contributed by atoms with Gasteiger partial charge in [-0.1, -0.05) is 38.1 Å². The fourth-order valence-corrected chi connectivity index (χ4v) is 2.23. The average Bonchev–Trinajstić information content (AvgIpc) is 2.94. The van der Waals surface area contributed by atoms with Gasteiger partial charge in [-0.3, -0.25) is 0 Å². The average molecular weight is 259 g/mol. The van der Waals surface area contributed by atoms with Gasteiger partial charge in [-0.25, -0.2) is 0 Å². The Morgan fingerprint density at radius 3 is 2.21 bits per heavy atom. The van der Waals surface area contributed by atoms with Gasteiger partial charge < -0.3 is 15.3 Å². The third-order valence-electron chi connectivity index (χ3n) is 3.50. The van der Waals surface area contributed by atoms with Crippen LogP contribution in [0.2, 0.25) is 0 Å². The molecule has 2 atom stereocenters. The Balaban J connectivity index is 2.22. The molecule has 3 N–H and O–H groups in total. The number of aliphatic hydroxyl groups excluding tert-OH is 1. The highest BCUT2D eigenvalue weighted by molar-refractivity contribution is 5.29. The molecule has 1 aromatic heterocycles. The maximum atomic E-state index is 10.3. The number of nitrogens with two attached hydrogens (primary N) is 1. The Morgan fingerprint density at radius 1 is 1.11 bits per heavy atom. The van der Waals surface area contributed by atoms with E-state index in [4.69, 9.17) is 10.2 Å². The van der Waals surface area contributed by atoms with E-state index < -0.39 is 6.10 Å². The summed E-state index contributed by atoms with van der Waals surface area (Å²) < 4.78 is 5.26. The van der Waals surface area contributed by atoms with Crippen molar-refractivity contribution in [2.45, 2.75) is 31.8 Å². The maximum absolute atomic E-state index is 10.3. The molecule has 0 bridgehead atoms. The Hall–Kier alpha value is -1.58. The third-order valence-corrected chi connectivity index (χ3v) is 3.50. The lowest BCUT2D eigenvalue weighted by Gasteiger charge is -2.20. The molecule has 0 radical (unpaired) electrons. The molecule has 102 valence electrons. The Kier molecular flexibility index (Phi) is 4.40. The number of aliphatic hydroxyl groups is 1. The van der Waals surface area contributed by atoms with Gasteiger partial charge in [-0.15, -0.1) is 0 Å². The van der Waals surface area contributed by atoms with E-state index in [9.17, 15) is 5.11 Å². The van der Waals surface area contributed by atoms with Gasteiger partial charge >= 0.3 is 0 Å². The van der Waals surface area contributed by atoms with Gasteiger partial charge in [-0.05, 0) is 29.2 Å². The van der Waals surface area contributed by atoms with Crippen LogP contribution in [0.1, 0.15) is 48.7 Å². The molecule has 1 aromatic carbocycles. The van der Waals surface area contributed by atoms with Crippen molar-refractivity contribution < 1.29 is 9.52 Å². The number of rotatable bonds is 5. The van der Waals surface area contributed by atoms with Gasteiger partial charge in [-0.2, -0.15) is 0 Å². The van der Waals surface area contributed by atoms with Crippen LogP contribution in [-0.4, -0.2) is 11.7 Å². The van der Waals surface area contributed by atoms with E-state index in [0.29, 0.717) is 18.2 Å². The summed E-state index contributed by atoms with van der Waals surface area (Å²) in [5.41, 5.74) is 8.13. The highest BCUT2D eigenvalue weighted by Gasteiger charge is 2.23. The van der Waals surface area contributed by atoms with E-state index in [1.807, 2.05) is 12.1 Å². The monoisotopic (exact) mass is 259 g/mol. The first-order valence-electron chi connectivity index (χ1n) is 6.65. The minimum Gasteiger partial charge on any atom is -0.467 e. The van der Waals surface area contributed by atoms with Crippen LogP contribution in [0.15, 0.2) is 47.1 Å². The number of furan rings is 1. The van der Waals surface area contributed by atoms with Gasteiger partial charge in [0.2, 0.25) is 0 Å². The van der Waals surface area contributed by atoms with Crippen LogP contribution in [-0.2, 0) is 0 Å². The van der Waals surface area contributed by atoms with Crippen LogP contribution < -0.4 is 5.73 Å². The van der Waals surface area contributed by atoms with Crippen molar-refractivity contribution in [2.75, 3.05) is 6.54 Å². The van der Waals surface area contributed by atoms with E-state index >= 15 is 0 Å². The van der Waals surface area contributed by atoms with E-state index in [1.165, 1.54) is 5.56 Å². The second-order valence-corrected chi connectivity index (χ2v) is 5.12. The van der Waals surface area contributed by atoms with Gasteiger partial charge in [0.05, 0.1) is 6.26 Å². The number of benzene rings is 1. The van der Waals surface area contributed by atoms with Crippen LogP contribution >= 0.6 is 0 Å². The zero-order valence-corrected chi connectivity index (χ0v) is 11.4. The zero-order chi connectivity index (χ0) is 13.8. The van der Waals surface area contributed by atoms with E-state index in [-0.39, 0.29) is 5.92 Å². The van der Waals surface area contributed by atoms with Crippen molar-refractivity contribution in [1.82, 2.24) is 0 Å². The molecule has 0 amide bonds. The summed E-state index contributed by atoms with van der Waals surface area (Å²) in [5, 5.41) is 10.3. The molecule has 2 aromatic rings. The third kappa shape index (κ3) is 3.06. The summed E-state index contributed by atoms with van der Waals surface area (Å²) in [6, 6.07) is 11.8. The van der Waals surface area contributed by atoms with Crippen LogP contribution in [0, 0.1) is 0 Å². The normalized spacial score (nSPS) is 14.6. The summed E-state index contributed by atoms with van der Waals surface area (Å²) in [6.45, 7) is 4.70. The fourth-order valence-electron chi connectivity index (χ4n) is 2.23. The molecule has 0 aliphatic rings. The lowest BCUT2D eigenvalue weighted by Crippen LogP contribution is -2.19. The van der Waals surface area contributed by atoms with Crippen molar-refractivity contribution in [2.24, 2.45) is 5.73 Å². The molecular formula is C16H21NO2. The quantitative estimate of drug-likeness (QED) is 0.867. The molecule has 0 aliphatic carbocycles. The number of hydrogen-bond acceptors (Lipinski definition) is 3. The van der Waals surface area contributed by atoms with Crippen molar-refractivity contribution in [3.8, 4) is 0 Å². The Bertz CT molecular complexity index is 488. The Labute approximate surface area is 114 Å². The molecule has 1 heterocycles. The lowest BCUT2D eigenvalue weighted by molar-refractivity contribution is 0.122. The molecule has 3 heteroatoms. The highest BCUT2D eigenvalue weighted by Crippen LogP contribution is 2.31. The minimum absolute atomic E-state index is 0.146. The van der Waals surface area contributed by atoms with Crippen molar-refractivity contribution in [3.05, 3.63) is 59.5 Å². The van der Waals surface area contributed by atoms with Crippen LogP contribution in [0.25, 0.3) is 0 Å². The number of hydrogen-bond donors (Lipinski definition) is 2. The first kappa shape index (κ1) is 13.8. The van der Waals surface area contributed by atoms with Gasteiger partial charge in [0.15, 0.2) is 0 Å². The summed E-state index contributed by atoms with van der Waals surface area (Å²) >= 11 is 0. The van der Waals surface area contributed by atoms with Gasteiger partial charge in [0, 0.05) is 12.5 Å². The predicted molar refractivity (Wildman–Crippen MR) is 76.0 cm³/mol. The van der Waals surface area contributed by atoms with Crippen LogP contribution in [0.4, 0.5) is 0 Å². The molecule has 0 aliphatic heterocycles. The topological polar surface area (TPSA) is 59.4 Å². The second kappa shape index (κ2) is 6.04. The van der Waals surface area contributed by atoms with Crippen molar-refractivity contribution in [1.29, 1.82) is 0 Å². The molecule has 19 heavy (non-hydrogen) atoms. The summed E-state index contributed by atoms with van der Waals surface area (Å²) in [4.78, 5) is 0. The second-order valence-electron chi connectivity index (χ2n) is 5.12. The van der Waals surface area contributed by atoms with Crippen LogP contribution in [0.3, 0.4) is 0 Å². The maximum Gasteiger partial charge on any atom is 0.132 e. The summed E-state index contributed by atoms with van der Waals surface area (Å²) in [5.74, 6) is 0.913. The largest absolute Gasteiger partial charge is 0.467 e. The van der Waals surface area contributed by atoms with E-state index in [2.05, 4.69) is 26.0 Å². The predicted octanol–water partition coefficient (Wildman–Crippen LogP) is 3.18. The molecule has 0 saturated carbocycles. The minimum atomic E-state index is -0.704. The van der Waals surface area contributed by atoms with E-state index in [1.54, 1.807) is 18.4 Å². The van der Waals surface area contributed by atoms with Crippen molar-refractivity contribution in [3.63, 3.8) is 0 Å². The molecule has 0 spiro atoms. The van der Waals surface area contributed by atoms with E-state index in [0.717, 1.165) is 5.56 Å². The van der Waals surface area contributed by atoms with Crippen molar-refractivity contribution >= 4 is 0 Å². The smallest absolute Gasteiger partial charge is 0.132 e. The summed E-state index contributed by atoms with van der Waals surface area (Å²) in [6.07, 6.45) is 0.860. The SMILES string of the molecule is CC(C)c1ccc(C(CN)C(O)c2ccco2)cc1. The first-order chi connectivity index (χ1) is 9.13. The molecule has 2 unspecified atom stereocenters. The molecule has 0 saturated heterocycles. The molecule has 2 rings (SSSR count). The highest BCUT2D eigenvalue weighted by atomic mass is 16.4. The first-order valence-corrected chi connectivity index (χ1v) is 6.65. The Morgan fingerprint density at radius 2 is 1.74 bits per heavy atom. The summed E-state index contributed by atoms with van der Waals surface area (Å²) in [7, 11) is 0. The zero-order valence-electron chi connectivity index (χ0n) is 11.4. The standard InChI is InChI=1S/C16H21NO2/c1-11(2)12-5-7-13(8-6-12)14(10-17)16(18)15-4-3-9-19-15/h3-9,11,14,16,18H,10,17H2,1-2H3. The fraction of sp³-hybridized carbons (Fsp3) is 0.375. The molecule has 3 nitrogen and oxygen atoms in total. The van der Waals surface area contributed by atoms with Gasteiger partial charge in [0.25, 0.3) is 0 Å². The molecular weight excluding hydrogens is 238 g/mol.